The minimum absolute atomic E-state index is 0.0210. The SMILES string of the molecule is CCC(CC)(CC(=O)O)NC(=O)C(C)SC. The van der Waals surface area contributed by atoms with E-state index in [9.17, 15) is 9.59 Å². The Morgan fingerprint density at radius 1 is 1.38 bits per heavy atom. The summed E-state index contributed by atoms with van der Waals surface area (Å²) in [5.41, 5.74) is -0.604. The third kappa shape index (κ3) is 4.43. The number of amides is 1. The molecular weight excluding hydrogens is 226 g/mol. The van der Waals surface area contributed by atoms with Crippen molar-refractivity contribution in [2.75, 3.05) is 6.26 Å². The molecule has 1 atom stereocenters. The molecule has 0 aliphatic heterocycles. The highest BCUT2D eigenvalue weighted by Gasteiger charge is 2.31. The first-order chi connectivity index (χ1) is 7.40. The fourth-order valence-corrected chi connectivity index (χ4v) is 1.75. The van der Waals surface area contributed by atoms with E-state index in [1.54, 1.807) is 0 Å². The van der Waals surface area contributed by atoms with E-state index >= 15 is 0 Å². The van der Waals surface area contributed by atoms with Gasteiger partial charge in [-0.2, -0.15) is 11.8 Å². The van der Waals surface area contributed by atoms with Gasteiger partial charge in [-0.25, -0.2) is 0 Å². The zero-order valence-electron chi connectivity index (χ0n) is 10.4. The molecule has 0 aromatic heterocycles. The van der Waals surface area contributed by atoms with Gasteiger partial charge < -0.3 is 10.4 Å². The van der Waals surface area contributed by atoms with E-state index in [-0.39, 0.29) is 17.6 Å². The van der Waals surface area contributed by atoms with Crippen molar-refractivity contribution in [3.8, 4) is 0 Å². The number of rotatable bonds is 7. The molecular formula is C11H21NO3S. The minimum atomic E-state index is -0.874. The predicted octanol–water partition coefficient (Wildman–Crippen LogP) is 1.89. The monoisotopic (exact) mass is 247 g/mol. The molecule has 4 nitrogen and oxygen atoms in total. The van der Waals surface area contributed by atoms with Gasteiger partial charge >= 0.3 is 5.97 Å². The van der Waals surface area contributed by atoms with E-state index in [0.29, 0.717) is 12.8 Å². The molecule has 1 unspecified atom stereocenters. The molecule has 0 aliphatic rings. The second-order valence-electron chi connectivity index (χ2n) is 3.93. The quantitative estimate of drug-likeness (QED) is 0.721. The fourth-order valence-electron chi connectivity index (χ4n) is 1.48. The largest absolute Gasteiger partial charge is 0.481 e. The Bertz CT molecular complexity index is 252. The molecule has 2 N–H and O–H groups in total. The molecule has 0 rings (SSSR count). The van der Waals surface area contributed by atoms with Crippen LogP contribution in [-0.4, -0.2) is 34.0 Å². The van der Waals surface area contributed by atoms with Crippen molar-refractivity contribution in [3.05, 3.63) is 0 Å². The number of hydrogen-bond acceptors (Lipinski definition) is 3. The number of thioether (sulfide) groups is 1. The van der Waals surface area contributed by atoms with Crippen LogP contribution in [-0.2, 0) is 9.59 Å². The zero-order valence-corrected chi connectivity index (χ0v) is 11.2. The molecule has 0 bridgehead atoms. The van der Waals surface area contributed by atoms with E-state index in [1.165, 1.54) is 11.8 Å². The molecule has 0 radical (unpaired) electrons. The lowest BCUT2D eigenvalue weighted by Crippen LogP contribution is -2.51. The average Bonchev–Trinajstić information content (AvgIpc) is 2.26. The lowest BCUT2D eigenvalue weighted by atomic mass is 9.89. The van der Waals surface area contributed by atoms with Crippen LogP contribution in [0.4, 0.5) is 0 Å². The van der Waals surface area contributed by atoms with Gasteiger partial charge in [0.15, 0.2) is 0 Å². The van der Waals surface area contributed by atoms with Crippen molar-refractivity contribution in [2.45, 2.75) is 50.8 Å². The van der Waals surface area contributed by atoms with E-state index < -0.39 is 11.5 Å². The second kappa shape index (κ2) is 6.78. The summed E-state index contributed by atoms with van der Waals surface area (Å²) in [5.74, 6) is -0.960. The van der Waals surface area contributed by atoms with Crippen molar-refractivity contribution in [3.63, 3.8) is 0 Å². The van der Waals surface area contributed by atoms with Crippen molar-refractivity contribution in [1.82, 2.24) is 5.32 Å². The summed E-state index contributed by atoms with van der Waals surface area (Å²) in [6, 6.07) is 0. The Kier molecular flexibility index (Phi) is 6.48. The Morgan fingerprint density at radius 3 is 2.19 bits per heavy atom. The van der Waals surface area contributed by atoms with Crippen LogP contribution >= 0.6 is 11.8 Å². The van der Waals surface area contributed by atoms with Crippen LogP contribution in [0.1, 0.15) is 40.0 Å². The molecule has 0 heterocycles. The molecule has 1 amide bonds. The molecule has 16 heavy (non-hydrogen) atoms. The highest BCUT2D eigenvalue weighted by molar-refractivity contribution is 7.99. The van der Waals surface area contributed by atoms with E-state index in [1.807, 2.05) is 27.0 Å². The minimum Gasteiger partial charge on any atom is -0.481 e. The van der Waals surface area contributed by atoms with Crippen LogP contribution < -0.4 is 5.32 Å². The summed E-state index contributed by atoms with van der Waals surface area (Å²) < 4.78 is 0. The summed E-state index contributed by atoms with van der Waals surface area (Å²) >= 11 is 1.45. The van der Waals surface area contributed by atoms with Gasteiger partial charge in [0.25, 0.3) is 0 Å². The number of carboxylic acid groups (broad SMARTS) is 1. The molecule has 0 saturated carbocycles. The summed E-state index contributed by atoms with van der Waals surface area (Å²) in [6.07, 6.45) is 3.10. The van der Waals surface area contributed by atoms with Gasteiger partial charge in [-0.05, 0) is 26.0 Å². The molecule has 94 valence electrons. The van der Waals surface area contributed by atoms with Crippen LogP contribution in [0.5, 0.6) is 0 Å². The van der Waals surface area contributed by atoms with Crippen molar-refractivity contribution >= 4 is 23.6 Å². The average molecular weight is 247 g/mol. The summed E-state index contributed by atoms with van der Waals surface area (Å²) in [4.78, 5) is 22.6. The molecule has 0 fully saturated rings. The first kappa shape index (κ1) is 15.3. The smallest absolute Gasteiger partial charge is 0.305 e. The molecule has 0 saturated heterocycles. The summed E-state index contributed by atoms with van der Waals surface area (Å²) in [5, 5.41) is 11.6. The summed E-state index contributed by atoms with van der Waals surface area (Å²) in [6.45, 7) is 5.61. The van der Waals surface area contributed by atoms with Crippen molar-refractivity contribution in [1.29, 1.82) is 0 Å². The van der Waals surface area contributed by atoms with Crippen LogP contribution in [0.2, 0.25) is 0 Å². The lowest BCUT2D eigenvalue weighted by Gasteiger charge is -2.32. The van der Waals surface area contributed by atoms with Gasteiger partial charge in [0.05, 0.1) is 11.7 Å². The van der Waals surface area contributed by atoms with Crippen molar-refractivity contribution < 1.29 is 14.7 Å². The predicted molar refractivity (Wildman–Crippen MR) is 66.7 cm³/mol. The van der Waals surface area contributed by atoms with Crippen LogP contribution in [0.25, 0.3) is 0 Å². The Labute approximate surface area is 101 Å². The fraction of sp³-hybridized carbons (Fsp3) is 0.818. The van der Waals surface area contributed by atoms with E-state index in [0.717, 1.165) is 0 Å². The number of hydrogen-bond donors (Lipinski definition) is 2. The zero-order chi connectivity index (χ0) is 12.8. The Morgan fingerprint density at radius 2 is 1.88 bits per heavy atom. The first-order valence-corrected chi connectivity index (χ1v) is 6.76. The standard InChI is InChI=1S/C11H21NO3S/c1-5-11(6-2,7-9(13)14)12-10(15)8(3)16-4/h8H,5-7H2,1-4H3,(H,12,15)(H,13,14). The van der Waals surface area contributed by atoms with Gasteiger partial charge in [0.1, 0.15) is 0 Å². The molecule has 0 spiro atoms. The maximum absolute atomic E-state index is 11.8. The third-order valence-electron chi connectivity index (χ3n) is 2.95. The van der Waals surface area contributed by atoms with Gasteiger partial charge in [0.2, 0.25) is 5.91 Å². The number of nitrogens with one attached hydrogen (secondary N) is 1. The van der Waals surface area contributed by atoms with E-state index in [4.69, 9.17) is 5.11 Å². The van der Waals surface area contributed by atoms with E-state index in [2.05, 4.69) is 5.32 Å². The van der Waals surface area contributed by atoms with Crippen LogP contribution in [0.15, 0.2) is 0 Å². The normalized spacial score (nSPS) is 13.2. The molecule has 0 aliphatic carbocycles. The second-order valence-corrected chi connectivity index (χ2v) is 5.10. The molecule has 0 aromatic rings. The number of carbonyl (C=O) groups excluding carboxylic acids is 1. The van der Waals surface area contributed by atoms with Gasteiger partial charge in [-0.3, -0.25) is 9.59 Å². The number of carbonyl (C=O) groups is 2. The number of carboxylic acids is 1. The van der Waals surface area contributed by atoms with Crippen molar-refractivity contribution in [2.24, 2.45) is 0 Å². The molecule has 5 heteroatoms. The highest BCUT2D eigenvalue weighted by Crippen LogP contribution is 2.21. The Balaban J connectivity index is 4.66. The van der Waals surface area contributed by atoms with Gasteiger partial charge in [-0.1, -0.05) is 13.8 Å². The first-order valence-electron chi connectivity index (χ1n) is 5.47. The number of aliphatic carboxylic acids is 1. The van der Waals surface area contributed by atoms with Gasteiger partial charge in [0, 0.05) is 5.54 Å². The molecule has 0 aromatic carbocycles. The topological polar surface area (TPSA) is 66.4 Å². The maximum atomic E-state index is 11.8. The summed E-state index contributed by atoms with van der Waals surface area (Å²) in [7, 11) is 0. The van der Waals surface area contributed by atoms with Crippen LogP contribution in [0.3, 0.4) is 0 Å². The highest BCUT2D eigenvalue weighted by atomic mass is 32.2. The third-order valence-corrected chi connectivity index (χ3v) is 3.88. The Hall–Kier alpha value is -0.710. The van der Waals surface area contributed by atoms with Crippen LogP contribution in [0, 0.1) is 0 Å². The van der Waals surface area contributed by atoms with Gasteiger partial charge in [-0.15, -0.1) is 0 Å². The maximum Gasteiger partial charge on any atom is 0.305 e. The lowest BCUT2D eigenvalue weighted by molar-refractivity contribution is -0.139.